The molecule has 1 saturated heterocycles. The zero-order valence-corrected chi connectivity index (χ0v) is 16.7. The number of esters is 1. The van der Waals surface area contributed by atoms with Crippen molar-refractivity contribution in [1.29, 1.82) is 0 Å². The van der Waals surface area contributed by atoms with Crippen LogP contribution in [0.15, 0.2) is 35.4 Å². The minimum absolute atomic E-state index is 0.0773. The quantitative estimate of drug-likeness (QED) is 0.514. The summed E-state index contributed by atoms with van der Waals surface area (Å²) in [6, 6.07) is 7.85. The molecule has 4 heterocycles. The number of piperidine rings is 1. The van der Waals surface area contributed by atoms with Gasteiger partial charge in [-0.15, -0.1) is 0 Å². The summed E-state index contributed by atoms with van der Waals surface area (Å²) in [6.07, 6.45) is 3.07. The Morgan fingerprint density at radius 3 is 2.73 bits per heavy atom. The maximum absolute atomic E-state index is 12.5. The highest BCUT2D eigenvalue weighted by molar-refractivity contribution is 5.93. The van der Waals surface area contributed by atoms with Crippen LogP contribution in [0.5, 0.6) is 0 Å². The summed E-state index contributed by atoms with van der Waals surface area (Å²) in [5, 5.41) is 0. The number of fused-ring (bicyclic) bond motifs is 2. The number of nitrogens with zero attached hydrogens (tertiary/aromatic N) is 6. The lowest BCUT2D eigenvalue weighted by molar-refractivity contribution is 0.0583. The van der Waals surface area contributed by atoms with Crippen molar-refractivity contribution < 1.29 is 9.53 Å². The molecule has 10 nitrogen and oxygen atoms in total. The molecule has 3 aromatic heterocycles. The Morgan fingerprint density at radius 1 is 1.20 bits per heavy atom. The van der Waals surface area contributed by atoms with Gasteiger partial charge >= 0.3 is 11.7 Å². The Bertz CT molecular complexity index is 1310. The maximum Gasteiger partial charge on any atom is 0.374 e. The first-order valence-electron chi connectivity index (χ1n) is 9.78. The second-order valence-electron chi connectivity index (χ2n) is 7.39. The minimum atomic E-state index is -0.515. The first kappa shape index (κ1) is 18.3. The lowest BCUT2D eigenvalue weighted by Gasteiger charge is -2.33. The van der Waals surface area contributed by atoms with Crippen molar-refractivity contribution in [3.05, 3.63) is 46.9 Å². The zero-order valence-electron chi connectivity index (χ0n) is 16.7. The number of hydrogen-bond acceptors (Lipinski definition) is 7. The van der Waals surface area contributed by atoms with E-state index in [0.717, 1.165) is 23.9 Å². The number of carbonyl (C=O) groups is 1. The summed E-state index contributed by atoms with van der Waals surface area (Å²) >= 11 is 0. The highest BCUT2D eigenvalue weighted by Gasteiger charge is 2.27. The number of anilines is 1. The molecule has 1 aliphatic rings. The molecule has 0 unspecified atom stereocenters. The molecule has 0 amide bonds. The van der Waals surface area contributed by atoms with Gasteiger partial charge in [0.15, 0.2) is 17.0 Å². The molecule has 0 spiro atoms. The van der Waals surface area contributed by atoms with Crippen molar-refractivity contribution in [2.45, 2.75) is 18.9 Å². The zero-order chi connectivity index (χ0) is 20.8. The number of rotatable bonds is 3. The first-order chi connectivity index (χ1) is 14.6. The molecule has 5 rings (SSSR count). The summed E-state index contributed by atoms with van der Waals surface area (Å²) in [5.41, 5.74) is 2.86. The maximum atomic E-state index is 12.5. The molecule has 0 radical (unpaired) electrons. The van der Waals surface area contributed by atoms with E-state index in [1.54, 1.807) is 11.6 Å². The van der Waals surface area contributed by atoms with Crippen LogP contribution in [0.25, 0.3) is 22.2 Å². The van der Waals surface area contributed by atoms with Gasteiger partial charge in [0.25, 0.3) is 0 Å². The number of para-hydroxylation sites is 2. The van der Waals surface area contributed by atoms with Crippen LogP contribution >= 0.6 is 0 Å². The van der Waals surface area contributed by atoms with Crippen LogP contribution in [0, 0.1) is 0 Å². The number of aromatic nitrogens is 6. The molecular weight excluding hydrogens is 386 g/mol. The Morgan fingerprint density at radius 2 is 1.97 bits per heavy atom. The van der Waals surface area contributed by atoms with Gasteiger partial charge in [0.2, 0.25) is 5.82 Å². The van der Waals surface area contributed by atoms with Crippen molar-refractivity contribution in [2.24, 2.45) is 7.05 Å². The van der Waals surface area contributed by atoms with Crippen LogP contribution < -0.4 is 10.6 Å². The molecule has 30 heavy (non-hydrogen) atoms. The van der Waals surface area contributed by atoms with E-state index in [1.807, 2.05) is 28.8 Å². The van der Waals surface area contributed by atoms with Gasteiger partial charge < -0.3 is 19.2 Å². The number of ether oxygens (including phenoxy) is 1. The fourth-order valence-electron chi connectivity index (χ4n) is 4.27. The minimum Gasteiger partial charge on any atom is -0.463 e. The summed E-state index contributed by atoms with van der Waals surface area (Å²) < 4.78 is 8.29. The molecule has 1 aromatic carbocycles. The molecule has 1 fully saturated rings. The van der Waals surface area contributed by atoms with Crippen molar-refractivity contribution >= 4 is 34.0 Å². The van der Waals surface area contributed by atoms with Crippen LogP contribution in [-0.2, 0) is 11.8 Å². The molecule has 10 heteroatoms. The monoisotopic (exact) mass is 407 g/mol. The molecular formula is C20H21N7O3. The van der Waals surface area contributed by atoms with Crippen LogP contribution in [0.2, 0.25) is 0 Å². The molecule has 1 aliphatic heterocycles. The Balaban J connectivity index is 1.44. The fourth-order valence-corrected chi connectivity index (χ4v) is 4.27. The molecule has 1 N–H and O–H groups in total. The SMILES string of the molecule is COC(=O)c1nc2c(N3CCC(n4c(=O)[nH]c5ccccc54)CC3)ncnc2n1C. The fraction of sp³-hybridized carbons (Fsp3) is 0.350. The van der Waals surface area contributed by atoms with Gasteiger partial charge in [-0.25, -0.2) is 24.5 Å². The van der Waals surface area contributed by atoms with Crippen LogP contribution in [0.3, 0.4) is 0 Å². The van der Waals surface area contributed by atoms with E-state index < -0.39 is 5.97 Å². The van der Waals surface area contributed by atoms with E-state index in [9.17, 15) is 9.59 Å². The number of benzene rings is 1. The topological polar surface area (TPSA) is 111 Å². The lowest BCUT2D eigenvalue weighted by Crippen LogP contribution is -2.37. The molecule has 154 valence electrons. The van der Waals surface area contributed by atoms with E-state index in [2.05, 4.69) is 24.8 Å². The molecule has 0 aliphatic carbocycles. The number of imidazole rings is 2. The number of methoxy groups -OCH3 is 1. The standard InChI is InChI=1S/C20H21N7O3/c1-25-16-15(24-18(25)19(28)30-2)17(22-11-21-16)26-9-7-12(8-10-26)27-14-6-4-3-5-13(14)23-20(27)29/h3-6,11-12H,7-10H2,1-2H3,(H,23,29). The van der Waals surface area contributed by atoms with Crippen molar-refractivity contribution in [3.8, 4) is 0 Å². The summed E-state index contributed by atoms with van der Waals surface area (Å²) in [7, 11) is 3.06. The van der Waals surface area contributed by atoms with E-state index in [4.69, 9.17) is 4.74 Å². The first-order valence-corrected chi connectivity index (χ1v) is 9.78. The number of H-pyrrole nitrogens is 1. The van der Waals surface area contributed by atoms with Gasteiger partial charge in [-0.2, -0.15) is 0 Å². The van der Waals surface area contributed by atoms with Crippen molar-refractivity contribution in [2.75, 3.05) is 25.1 Å². The number of aromatic amines is 1. The average Bonchev–Trinajstić information content (AvgIpc) is 3.29. The van der Waals surface area contributed by atoms with Gasteiger partial charge in [0.05, 0.1) is 18.1 Å². The third-order valence-corrected chi connectivity index (χ3v) is 5.76. The normalized spacial score (nSPS) is 15.2. The van der Waals surface area contributed by atoms with E-state index >= 15 is 0 Å². The number of nitrogens with one attached hydrogen (secondary N) is 1. The van der Waals surface area contributed by atoms with Crippen molar-refractivity contribution in [1.82, 2.24) is 29.1 Å². The average molecular weight is 407 g/mol. The number of aryl methyl sites for hydroxylation is 1. The largest absolute Gasteiger partial charge is 0.463 e. The molecule has 4 aromatic rings. The highest BCUT2D eigenvalue weighted by atomic mass is 16.5. The van der Waals surface area contributed by atoms with Crippen molar-refractivity contribution in [3.63, 3.8) is 0 Å². The van der Waals surface area contributed by atoms with Gasteiger partial charge in [-0.1, -0.05) is 12.1 Å². The number of hydrogen-bond donors (Lipinski definition) is 1. The van der Waals surface area contributed by atoms with Gasteiger partial charge in [-0.3, -0.25) is 4.57 Å². The lowest BCUT2D eigenvalue weighted by atomic mass is 10.0. The molecule has 0 atom stereocenters. The van der Waals surface area contributed by atoms with Crippen LogP contribution in [0.4, 0.5) is 5.82 Å². The van der Waals surface area contributed by atoms with E-state index in [-0.39, 0.29) is 17.6 Å². The smallest absolute Gasteiger partial charge is 0.374 e. The predicted octanol–water partition coefficient (Wildman–Crippen LogP) is 1.63. The Kier molecular flexibility index (Phi) is 4.27. The van der Waals surface area contributed by atoms with Gasteiger partial charge in [0, 0.05) is 26.2 Å². The van der Waals surface area contributed by atoms with E-state index in [1.165, 1.54) is 13.4 Å². The molecule has 0 saturated carbocycles. The highest BCUT2D eigenvalue weighted by Crippen LogP contribution is 2.30. The Hall–Kier alpha value is -3.69. The third-order valence-electron chi connectivity index (χ3n) is 5.76. The molecule has 0 bridgehead atoms. The Labute approximate surface area is 171 Å². The summed E-state index contributed by atoms with van der Waals surface area (Å²) in [4.78, 5) is 42.7. The van der Waals surface area contributed by atoms with Crippen LogP contribution in [0.1, 0.15) is 29.5 Å². The second kappa shape index (κ2) is 6.97. The summed E-state index contributed by atoms with van der Waals surface area (Å²) in [5.74, 6) is 0.365. The second-order valence-corrected chi connectivity index (χ2v) is 7.39. The van der Waals surface area contributed by atoms with E-state index in [0.29, 0.717) is 30.1 Å². The van der Waals surface area contributed by atoms with Crippen LogP contribution in [-0.4, -0.2) is 55.2 Å². The van der Waals surface area contributed by atoms with Gasteiger partial charge in [-0.05, 0) is 25.0 Å². The number of carbonyl (C=O) groups excluding carboxylic acids is 1. The third kappa shape index (κ3) is 2.75. The van der Waals surface area contributed by atoms with Gasteiger partial charge in [0.1, 0.15) is 6.33 Å². The predicted molar refractivity (Wildman–Crippen MR) is 111 cm³/mol. The summed E-state index contributed by atoms with van der Waals surface area (Å²) in [6.45, 7) is 1.43.